The molecule has 2 aliphatic rings. The second-order valence-corrected chi connectivity index (χ2v) is 5.36. The van der Waals surface area contributed by atoms with Crippen LogP contribution in [0.1, 0.15) is 33.1 Å². The zero-order chi connectivity index (χ0) is 11.5. The smallest absolute Gasteiger partial charge is 0.252 e. The van der Waals surface area contributed by atoms with Gasteiger partial charge in [0.15, 0.2) is 0 Å². The predicted molar refractivity (Wildman–Crippen MR) is 50.2 cm³/mol. The van der Waals surface area contributed by atoms with Gasteiger partial charge in [-0.3, -0.25) is 0 Å². The lowest BCUT2D eigenvalue weighted by Gasteiger charge is -2.37. The number of alkyl halides is 2. The molecule has 0 radical (unpaired) electrons. The molecule has 5 heteroatoms. The molecule has 1 aliphatic carbocycles. The molecule has 0 aromatic heterocycles. The Kier molecular flexibility index (Phi) is 2.17. The van der Waals surface area contributed by atoms with Crippen LogP contribution >= 0.6 is 0 Å². The van der Waals surface area contributed by atoms with Crippen molar-refractivity contribution in [2.75, 3.05) is 6.54 Å². The van der Waals surface area contributed by atoms with Crippen LogP contribution in [-0.2, 0) is 0 Å². The largest absolute Gasteiger partial charge is 0.353 e. The summed E-state index contributed by atoms with van der Waals surface area (Å²) < 4.78 is 25.5. The van der Waals surface area contributed by atoms with Gasteiger partial charge in [0.25, 0.3) is 5.92 Å². The van der Waals surface area contributed by atoms with Crippen LogP contribution in [0.3, 0.4) is 0 Å². The van der Waals surface area contributed by atoms with Crippen molar-refractivity contribution >= 4 is 0 Å². The molecule has 0 aromatic carbocycles. The lowest BCUT2D eigenvalue weighted by Crippen LogP contribution is -2.52. The lowest BCUT2D eigenvalue weighted by atomic mass is 10.0. The van der Waals surface area contributed by atoms with E-state index in [0.29, 0.717) is 6.42 Å². The third-order valence-corrected chi connectivity index (χ3v) is 3.59. The van der Waals surface area contributed by atoms with Crippen LogP contribution in [0.4, 0.5) is 8.78 Å². The molecule has 1 saturated heterocycles. The number of likely N-dealkylation sites (tertiary alicyclic amines) is 1. The summed E-state index contributed by atoms with van der Waals surface area (Å²) in [6.07, 6.45) is 0.701. The number of halogens is 2. The maximum atomic E-state index is 12.8. The second-order valence-electron chi connectivity index (χ2n) is 5.36. The van der Waals surface area contributed by atoms with E-state index in [0.717, 1.165) is 0 Å². The van der Waals surface area contributed by atoms with Gasteiger partial charge in [-0.2, -0.15) is 0 Å². The van der Waals surface area contributed by atoms with Gasteiger partial charge in [0, 0.05) is 30.8 Å². The van der Waals surface area contributed by atoms with E-state index in [1.807, 2.05) is 13.8 Å². The van der Waals surface area contributed by atoms with Gasteiger partial charge in [-0.15, -0.1) is 0 Å². The van der Waals surface area contributed by atoms with Crippen molar-refractivity contribution in [2.45, 2.75) is 50.5 Å². The van der Waals surface area contributed by atoms with E-state index < -0.39 is 23.3 Å². The highest BCUT2D eigenvalue weighted by Crippen LogP contribution is 2.51. The first-order valence-corrected chi connectivity index (χ1v) is 5.25. The molecule has 2 N–H and O–H groups in total. The zero-order valence-corrected chi connectivity index (χ0v) is 9.00. The zero-order valence-electron chi connectivity index (χ0n) is 9.00. The van der Waals surface area contributed by atoms with Gasteiger partial charge < -0.3 is 10.2 Å². The normalized spacial score (nSPS) is 36.8. The Labute approximate surface area is 87.7 Å². The summed E-state index contributed by atoms with van der Waals surface area (Å²) in [5.41, 5.74) is -0.415. The summed E-state index contributed by atoms with van der Waals surface area (Å²) in [6.45, 7) is 3.76. The van der Waals surface area contributed by atoms with Crippen LogP contribution in [-0.4, -0.2) is 39.0 Å². The van der Waals surface area contributed by atoms with Crippen LogP contribution in [0.2, 0.25) is 0 Å². The molecular formula is C10H17F2NO2. The van der Waals surface area contributed by atoms with Crippen molar-refractivity contribution in [3.8, 4) is 0 Å². The number of hydrogen-bond donors (Lipinski definition) is 2. The molecule has 1 heterocycles. The van der Waals surface area contributed by atoms with Crippen molar-refractivity contribution in [3.05, 3.63) is 0 Å². The number of nitrogens with zero attached hydrogens (tertiary/aromatic N) is 1. The molecule has 2 fully saturated rings. The highest BCUT2D eigenvalue weighted by atomic mass is 19.3. The van der Waals surface area contributed by atoms with Crippen molar-refractivity contribution < 1.29 is 19.0 Å². The minimum absolute atomic E-state index is 0.0625. The van der Waals surface area contributed by atoms with Gasteiger partial charge >= 0.3 is 0 Å². The molecule has 2 rings (SSSR count). The van der Waals surface area contributed by atoms with E-state index in [4.69, 9.17) is 0 Å². The monoisotopic (exact) mass is 221 g/mol. The first-order chi connectivity index (χ1) is 6.65. The first kappa shape index (κ1) is 11.2. The minimum atomic E-state index is -2.60. The quantitative estimate of drug-likeness (QED) is 0.687. The van der Waals surface area contributed by atoms with Crippen molar-refractivity contribution in [3.63, 3.8) is 0 Å². The van der Waals surface area contributed by atoms with Crippen molar-refractivity contribution in [1.82, 2.24) is 4.90 Å². The Morgan fingerprint density at radius 1 is 1.27 bits per heavy atom. The van der Waals surface area contributed by atoms with Crippen LogP contribution in [0.15, 0.2) is 0 Å². The molecule has 0 bridgehead atoms. The van der Waals surface area contributed by atoms with E-state index in [-0.39, 0.29) is 19.4 Å². The van der Waals surface area contributed by atoms with Crippen LogP contribution in [0, 0.1) is 5.92 Å². The van der Waals surface area contributed by atoms with E-state index in [2.05, 4.69) is 0 Å². The Morgan fingerprint density at radius 2 is 1.80 bits per heavy atom. The number of hydrogen-bond acceptors (Lipinski definition) is 3. The van der Waals surface area contributed by atoms with Gasteiger partial charge in [0.05, 0.1) is 0 Å². The lowest BCUT2D eigenvalue weighted by molar-refractivity contribution is -0.261. The maximum absolute atomic E-state index is 12.8. The van der Waals surface area contributed by atoms with E-state index in [9.17, 15) is 19.0 Å². The summed E-state index contributed by atoms with van der Waals surface area (Å²) in [6, 6.07) is 0. The summed E-state index contributed by atoms with van der Waals surface area (Å²) in [7, 11) is 0. The Morgan fingerprint density at radius 3 is 2.13 bits per heavy atom. The summed E-state index contributed by atoms with van der Waals surface area (Å²) >= 11 is 0. The van der Waals surface area contributed by atoms with Gasteiger partial charge in [0.2, 0.25) is 5.91 Å². The fraction of sp³-hybridized carbons (Fsp3) is 1.00. The molecule has 1 saturated carbocycles. The van der Waals surface area contributed by atoms with E-state index in [1.165, 1.54) is 4.90 Å². The highest BCUT2D eigenvalue weighted by molar-refractivity contribution is 5.02. The highest BCUT2D eigenvalue weighted by Gasteiger charge is 2.60. The summed E-state index contributed by atoms with van der Waals surface area (Å²) in [4.78, 5) is 1.39. The molecule has 88 valence electrons. The Hall–Kier alpha value is -0.260. The number of rotatable bonds is 2. The molecule has 0 amide bonds. The molecule has 1 atom stereocenters. The standard InChI is InChI=1S/C10H17F2NO2/c1-8(2)3-4-10(14,15)13(8)6-7-5-9(7,11)12/h7,14-15H,3-6H2,1-2H3. The SMILES string of the molecule is CC1(C)CCC(O)(O)N1CC1CC1(F)F. The van der Waals surface area contributed by atoms with Crippen LogP contribution in [0.5, 0.6) is 0 Å². The summed E-state index contributed by atoms with van der Waals surface area (Å²) in [5, 5.41) is 19.3. The average Bonchev–Trinajstić information content (AvgIpc) is 2.60. The van der Waals surface area contributed by atoms with E-state index >= 15 is 0 Å². The van der Waals surface area contributed by atoms with Crippen LogP contribution in [0.25, 0.3) is 0 Å². The van der Waals surface area contributed by atoms with Crippen molar-refractivity contribution in [1.29, 1.82) is 0 Å². The van der Waals surface area contributed by atoms with Gasteiger partial charge in [-0.05, 0) is 20.3 Å². The first-order valence-electron chi connectivity index (χ1n) is 5.25. The van der Waals surface area contributed by atoms with Gasteiger partial charge in [-0.1, -0.05) is 0 Å². The predicted octanol–water partition coefficient (Wildman–Crippen LogP) is 1.15. The van der Waals surface area contributed by atoms with Crippen molar-refractivity contribution in [2.24, 2.45) is 5.92 Å². The van der Waals surface area contributed by atoms with Gasteiger partial charge in [0.1, 0.15) is 0 Å². The molecule has 1 unspecified atom stereocenters. The maximum Gasteiger partial charge on any atom is 0.252 e. The van der Waals surface area contributed by atoms with Gasteiger partial charge in [-0.25, -0.2) is 13.7 Å². The topological polar surface area (TPSA) is 43.7 Å². The molecule has 0 spiro atoms. The molecule has 15 heavy (non-hydrogen) atoms. The Bertz CT molecular complexity index is 263. The fourth-order valence-corrected chi connectivity index (χ4v) is 2.31. The number of aliphatic hydroxyl groups is 2. The minimum Gasteiger partial charge on any atom is -0.353 e. The fourth-order valence-electron chi connectivity index (χ4n) is 2.31. The average molecular weight is 221 g/mol. The van der Waals surface area contributed by atoms with Crippen LogP contribution < -0.4 is 0 Å². The molecule has 3 nitrogen and oxygen atoms in total. The molecule has 0 aromatic rings. The molecular weight excluding hydrogens is 204 g/mol. The second kappa shape index (κ2) is 2.90. The summed E-state index contributed by atoms with van der Waals surface area (Å²) in [5.74, 6) is -5.23. The third-order valence-electron chi connectivity index (χ3n) is 3.59. The third kappa shape index (κ3) is 1.88. The van der Waals surface area contributed by atoms with E-state index in [1.54, 1.807) is 0 Å². The molecule has 1 aliphatic heterocycles. The Balaban J connectivity index is 2.06.